The average molecular weight is 349 g/mol. The van der Waals surface area contributed by atoms with Gasteiger partial charge in [-0.05, 0) is 17.8 Å². The Bertz CT molecular complexity index is 428. The first-order valence-corrected chi connectivity index (χ1v) is 9.21. The van der Waals surface area contributed by atoms with Crippen molar-refractivity contribution in [3.05, 3.63) is 0 Å². The third kappa shape index (κ3) is 5.30. The van der Waals surface area contributed by atoms with Gasteiger partial charge in [0.05, 0.1) is 6.61 Å². The Kier molecular flexibility index (Phi) is 6.83. The van der Waals surface area contributed by atoms with Crippen molar-refractivity contribution < 1.29 is 42.7 Å². The summed E-state index contributed by atoms with van der Waals surface area (Å²) in [6.45, 7) is 0.799. The smallest absolute Gasteiger partial charge is 0.394 e. The Morgan fingerprint density at radius 1 is 1.29 bits per heavy atom. The molecule has 0 saturated carbocycles. The lowest BCUT2D eigenvalue weighted by Crippen LogP contribution is -2.57. The Morgan fingerprint density at radius 3 is 2.33 bits per heavy atom. The highest BCUT2D eigenvalue weighted by Crippen LogP contribution is 2.24. The van der Waals surface area contributed by atoms with Gasteiger partial charge in [-0.3, -0.25) is 4.55 Å². The molecule has 0 bridgehead atoms. The molecule has 9 nitrogen and oxygen atoms in total. The van der Waals surface area contributed by atoms with E-state index in [1.807, 2.05) is 0 Å². The maximum atomic E-state index is 10.6. The van der Waals surface area contributed by atoms with Crippen LogP contribution in [0.15, 0.2) is 0 Å². The van der Waals surface area contributed by atoms with Crippen LogP contribution in [0.1, 0.15) is 6.92 Å². The summed E-state index contributed by atoms with van der Waals surface area (Å²) in [7, 11) is -5.55. The normalized spacial score (nSPS) is 37.2. The summed E-state index contributed by atoms with van der Waals surface area (Å²) in [5.41, 5.74) is 0. The van der Waals surface area contributed by atoms with Crippen molar-refractivity contribution >= 4 is 21.3 Å². The molecule has 0 aliphatic carbocycles. The molecule has 1 fully saturated rings. The number of aliphatic hydroxyl groups is 5. The van der Waals surface area contributed by atoms with Gasteiger partial charge in [0.15, 0.2) is 0 Å². The lowest BCUT2D eigenvalue weighted by atomic mass is 10.1. The van der Waals surface area contributed by atoms with E-state index in [0.29, 0.717) is 0 Å². The molecule has 0 spiro atoms. The molecule has 1 aliphatic heterocycles. The standard InChI is InChI=1S/C10H20O9S2/c1-5-9(14)10(15)7(13)4-20(5)3-6(12)8(2-11)19-21(16,17)18/h5-15H,2-4H2,1H3/p+1/t5-,6-,7+,8+,9+,10-,20?/m0/s1. The molecule has 1 heterocycles. The van der Waals surface area contributed by atoms with Crippen LogP contribution in [0.5, 0.6) is 0 Å². The molecule has 1 unspecified atom stereocenters. The second-order valence-electron chi connectivity index (χ2n) is 4.94. The minimum Gasteiger partial charge on any atom is -0.394 e. The van der Waals surface area contributed by atoms with Crippen molar-refractivity contribution in [2.75, 3.05) is 18.1 Å². The van der Waals surface area contributed by atoms with Gasteiger partial charge in [-0.25, -0.2) is 4.18 Å². The van der Waals surface area contributed by atoms with Gasteiger partial charge in [-0.2, -0.15) is 8.42 Å². The van der Waals surface area contributed by atoms with E-state index >= 15 is 0 Å². The molecule has 6 N–H and O–H groups in total. The summed E-state index contributed by atoms with van der Waals surface area (Å²) in [6.07, 6.45) is -6.55. The van der Waals surface area contributed by atoms with E-state index in [9.17, 15) is 28.8 Å². The summed E-state index contributed by atoms with van der Waals surface area (Å²) < 4.78 is 33.9. The van der Waals surface area contributed by atoms with E-state index in [-0.39, 0.29) is 11.5 Å². The maximum Gasteiger partial charge on any atom is 0.397 e. The van der Waals surface area contributed by atoms with Crippen molar-refractivity contribution in [1.82, 2.24) is 0 Å². The second-order valence-corrected chi connectivity index (χ2v) is 8.47. The molecule has 1 saturated heterocycles. The predicted octanol–water partition coefficient (Wildman–Crippen LogP) is -3.37. The van der Waals surface area contributed by atoms with Crippen LogP contribution < -0.4 is 0 Å². The molecule has 0 aromatic carbocycles. The molecule has 0 aromatic heterocycles. The van der Waals surface area contributed by atoms with Gasteiger partial charge in [-0.1, -0.05) is 0 Å². The summed E-state index contributed by atoms with van der Waals surface area (Å²) in [6, 6.07) is 0. The number of aliphatic hydroxyl groups excluding tert-OH is 5. The van der Waals surface area contributed by atoms with E-state index in [1.165, 1.54) is 0 Å². The number of hydrogen-bond donors (Lipinski definition) is 6. The fourth-order valence-electron chi connectivity index (χ4n) is 2.09. The van der Waals surface area contributed by atoms with E-state index in [1.54, 1.807) is 6.92 Å². The Labute approximate surface area is 125 Å². The van der Waals surface area contributed by atoms with Crippen LogP contribution in [0.4, 0.5) is 0 Å². The molecule has 126 valence electrons. The molecule has 1 rings (SSSR count). The van der Waals surface area contributed by atoms with E-state index in [2.05, 4.69) is 4.18 Å². The fraction of sp³-hybridized carbons (Fsp3) is 1.00. The van der Waals surface area contributed by atoms with Gasteiger partial charge in [0.2, 0.25) is 0 Å². The molecule has 0 aromatic rings. The van der Waals surface area contributed by atoms with Crippen LogP contribution >= 0.6 is 0 Å². The van der Waals surface area contributed by atoms with Crippen molar-refractivity contribution in [1.29, 1.82) is 0 Å². The Hall–Kier alpha value is 0.0200. The lowest BCUT2D eigenvalue weighted by molar-refractivity contribution is -0.0549. The second kappa shape index (κ2) is 7.53. The largest absolute Gasteiger partial charge is 0.397 e. The number of hydrogen-bond acceptors (Lipinski definition) is 8. The topological polar surface area (TPSA) is 165 Å². The maximum absolute atomic E-state index is 10.6. The summed E-state index contributed by atoms with van der Waals surface area (Å²) in [4.78, 5) is 0. The highest BCUT2D eigenvalue weighted by molar-refractivity contribution is 7.97. The molecule has 0 radical (unpaired) electrons. The van der Waals surface area contributed by atoms with Crippen LogP contribution in [0.25, 0.3) is 0 Å². The third-order valence-electron chi connectivity index (χ3n) is 3.37. The Balaban J connectivity index is 2.70. The molecule has 7 atom stereocenters. The zero-order chi connectivity index (χ0) is 16.4. The van der Waals surface area contributed by atoms with Gasteiger partial charge in [0.25, 0.3) is 0 Å². The van der Waals surface area contributed by atoms with Gasteiger partial charge in [-0.15, -0.1) is 0 Å². The van der Waals surface area contributed by atoms with Crippen LogP contribution in [-0.2, 0) is 25.5 Å². The highest BCUT2D eigenvalue weighted by Gasteiger charge is 2.48. The van der Waals surface area contributed by atoms with Crippen molar-refractivity contribution in [3.63, 3.8) is 0 Å². The fourth-order valence-corrected chi connectivity index (χ4v) is 5.18. The Morgan fingerprint density at radius 2 is 1.86 bits per heavy atom. The molecule has 11 heteroatoms. The minimum absolute atomic E-state index is 0.0528. The average Bonchev–Trinajstić information content (AvgIpc) is 2.38. The molecular formula is C10H21O9S2+. The van der Waals surface area contributed by atoms with Gasteiger partial charge >= 0.3 is 10.4 Å². The van der Waals surface area contributed by atoms with Crippen LogP contribution in [0.3, 0.4) is 0 Å². The van der Waals surface area contributed by atoms with Gasteiger partial charge in [0, 0.05) is 0 Å². The summed E-state index contributed by atoms with van der Waals surface area (Å²) in [5, 5.41) is 47.4. The lowest BCUT2D eigenvalue weighted by Gasteiger charge is -2.34. The zero-order valence-corrected chi connectivity index (χ0v) is 12.9. The highest BCUT2D eigenvalue weighted by atomic mass is 32.3. The van der Waals surface area contributed by atoms with Gasteiger partial charge < -0.3 is 25.5 Å². The molecular weight excluding hydrogens is 328 g/mol. The first-order chi connectivity index (χ1) is 9.56. The van der Waals surface area contributed by atoms with E-state index < -0.39 is 63.7 Å². The first-order valence-electron chi connectivity index (χ1n) is 6.22. The SMILES string of the molecule is C[C@H]1[C@@H](O)[C@@H](O)[C@H](O)C[S+]1C[C@H](O)[C@@H](CO)OS(=O)(=O)O. The number of rotatable bonds is 6. The minimum atomic E-state index is -4.82. The van der Waals surface area contributed by atoms with Crippen molar-refractivity contribution in [3.8, 4) is 0 Å². The zero-order valence-electron chi connectivity index (χ0n) is 11.3. The van der Waals surface area contributed by atoms with Crippen LogP contribution in [0.2, 0.25) is 0 Å². The summed E-state index contributed by atoms with van der Waals surface area (Å²) in [5.74, 6) is 0.0726. The van der Waals surface area contributed by atoms with Crippen molar-refractivity contribution in [2.24, 2.45) is 0 Å². The monoisotopic (exact) mass is 349 g/mol. The first kappa shape index (κ1) is 19.1. The molecule has 21 heavy (non-hydrogen) atoms. The van der Waals surface area contributed by atoms with E-state index in [0.717, 1.165) is 0 Å². The van der Waals surface area contributed by atoms with Crippen LogP contribution in [-0.4, -0.2) is 92.4 Å². The third-order valence-corrected chi connectivity index (χ3v) is 6.74. The van der Waals surface area contributed by atoms with E-state index in [4.69, 9.17) is 9.66 Å². The van der Waals surface area contributed by atoms with Gasteiger partial charge in [0.1, 0.15) is 47.3 Å². The van der Waals surface area contributed by atoms with Crippen LogP contribution in [0, 0.1) is 0 Å². The predicted molar refractivity (Wildman–Crippen MR) is 74.1 cm³/mol. The summed E-state index contributed by atoms with van der Waals surface area (Å²) >= 11 is 0. The van der Waals surface area contributed by atoms with Crippen molar-refractivity contribution in [2.45, 2.75) is 42.7 Å². The molecule has 1 aliphatic rings. The molecule has 0 amide bonds. The quantitative estimate of drug-likeness (QED) is 0.212.